The molecule has 3 aromatic heterocycles. The maximum absolute atomic E-state index is 4.49. The summed E-state index contributed by atoms with van der Waals surface area (Å²) in [6.45, 7) is 1.59. The molecule has 0 atom stereocenters. The van der Waals surface area contributed by atoms with Crippen LogP contribution in [0.15, 0.2) is 48.9 Å². The molecular formula is C15H16N4. The van der Waals surface area contributed by atoms with Gasteiger partial charge in [0.05, 0.1) is 12.2 Å². The van der Waals surface area contributed by atoms with Crippen molar-refractivity contribution in [1.29, 1.82) is 0 Å². The van der Waals surface area contributed by atoms with Gasteiger partial charge in [-0.2, -0.15) is 0 Å². The van der Waals surface area contributed by atoms with E-state index in [9.17, 15) is 0 Å². The first-order chi connectivity index (χ1) is 9.38. The molecule has 0 spiro atoms. The topological polar surface area (TPSA) is 42.7 Å². The lowest BCUT2D eigenvalue weighted by atomic mass is 10.2. The van der Waals surface area contributed by atoms with Crippen molar-refractivity contribution in [2.75, 3.05) is 7.05 Å². The molecule has 0 fully saturated rings. The van der Waals surface area contributed by atoms with Crippen LogP contribution >= 0.6 is 0 Å². The average molecular weight is 252 g/mol. The quantitative estimate of drug-likeness (QED) is 0.774. The fourth-order valence-corrected chi connectivity index (χ4v) is 2.31. The molecule has 0 unspecified atom stereocenters. The summed E-state index contributed by atoms with van der Waals surface area (Å²) in [6, 6.07) is 10.1. The SMILES string of the molecule is CNCc1cn(Cc2ccccn2)c2ncccc12. The van der Waals surface area contributed by atoms with Crippen LogP contribution in [0, 0.1) is 0 Å². The summed E-state index contributed by atoms with van der Waals surface area (Å²) < 4.78 is 2.16. The predicted molar refractivity (Wildman–Crippen MR) is 75.8 cm³/mol. The molecular weight excluding hydrogens is 236 g/mol. The van der Waals surface area contributed by atoms with Gasteiger partial charge in [-0.3, -0.25) is 4.98 Å². The fourth-order valence-electron chi connectivity index (χ4n) is 2.31. The van der Waals surface area contributed by atoms with Gasteiger partial charge in [0.2, 0.25) is 0 Å². The number of fused-ring (bicyclic) bond motifs is 1. The Labute approximate surface area is 112 Å². The van der Waals surface area contributed by atoms with Crippen LogP contribution in [-0.4, -0.2) is 21.6 Å². The summed E-state index contributed by atoms with van der Waals surface area (Å²) in [4.78, 5) is 8.86. The van der Waals surface area contributed by atoms with Gasteiger partial charge in [-0.25, -0.2) is 4.98 Å². The third-order valence-corrected chi connectivity index (χ3v) is 3.14. The maximum atomic E-state index is 4.49. The van der Waals surface area contributed by atoms with E-state index in [0.29, 0.717) is 0 Å². The zero-order valence-electron chi connectivity index (χ0n) is 10.9. The standard InChI is InChI=1S/C15H16N4/c1-16-9-12-10-19(11-13-5-2-3-7-17-13)15-14(12)6-4-8-18-15/h2-8,10,16H,9,11H2,1H3. The molecule has 4 nitrogen and oxygen atoms in total. The molecule has 0 aliphatic heterocycles. The monoisotopic (exact) mass is 252 g/mol. The van der Waals surface area contributed by atoms with Crippen molar-refractivity contribution in [3.8, 4) is 0 Å². The van der Waals surface area contributed by atoms with E-state index in [1.54, 1.807) is 0 Å². The summed E-state index contributed by atoms with van der Waals surface area (Å²) >= 11 is 0. The third kappa shape index (κ3) is 2.35. The first-order valence-corrected chi connectivity index (χ1v) is 6.35. The van der Waals surface area contributed by atoms with E-state index in [1.807, 2.05) is 43.7 Å². The van der Waals surface area contributed by atoms with Crippen molar-refractivity contribution < 1.29 is 0 Å². The normalized spacial score (nSPS) is 11.0. The summed E-state index contributed by atoms with van der Waals surface area (Å²) in [7, 11) is 1.96. The van der Waals surface area contributed by atoms with E-state index in [1.165, 1.54) is 10.9 Å². The minimum Gasteiger partial charge on any atom is -0.326 e. The Kier molecular flexibility index (Phi) is 3.25. The van der Waals surface area contributed by atoms with Gasteiger partial charge in [0.1, 0.15) is 5.65 Å². The van der Waals surface area contributed by atoms with Gasteiger partial charge in [0.15, 0.2) is 0 Å². The number of rotatable bonds is 4. The second-order valence-corrected chi connectivity index (χ2v) is 4.51. The maximum Gasteiger partial charge on any atom is 0.140 e. The number of nitrogens with one attached hydrogen (secondary N) is 1. The number of hydrogen-bond donors (Lipinski definition) is 1. The fraction of sp³-hybridized carbons (Fsp3) is 0.200. The Hall–Kier alpha value is -2.20. The Bertz CT molecular complexity index is 673. The lowest BCUT2D eigenvalue weighted by Crippen LogP contribution is -2.04. The highest BCUT2D eigenvalue weighted by molar-refractivity contribution is 5.80. The number of hydrogen-bond acceptors (Lipinski definition) is 3. The van der Waals surface area contributed by atoms with E-state index >= 15 is 0 Å². The molecule has 0 radical (unpaired) electrons. The molecule has 19 heavy (non-hydrogen) atoms. The van der Waals surface area contributed by atoms with Crippen LogP contribution in [0.3, 0.4) is 0 Å². The van der Waals surface area contributed by atoms with Crippen molar-refractivity contribution in [2.45, 2.75) is 13.1 Å². The molecule has 3 heterocycles. The van der Waals surface area contributed by atoms with Gasteiger partial charge < -0.3 is 9.88 Å². The van der Waals surface area contributed by atoms with Crippen LogP contribution in [0.5, 0.6) is 0 Å². The lowest BCUT2D eigenvalue weighted by Gasteiger charge is -2.03. The third-order valence-electron chi connectivity index (χ3n) is 3.14. The van der Waals surface area contributed by atoms with Crippen LogP contribution in [-0.2, 0) is 13.1 Å². The van der Waals surface area contributed by atoms with Crippen molar-refractivity contribution in [3.05, 3.63) is 60.2 Å². The highest BCUT2D eigenvalue weighted by Gasteiger charge is 2.09. The van der Waals surface area contributed by atoms with E-state index in [2.05, 4.69) is 32.1 Å². The minimum atomic E-state index is 0.748. The van der Waals surface area contributed by atoms with Gasteiger partial charge in [-0.1, -0.05) is 6.07 Å². The first kappa shape index (κ1) is 11.9. The molecule has 0 aromatic carbocycles. The highest BCUT2D eigenvalue weighted by Crippen LogP contribution is 2.20. The van der Waals surface area contributed by atoms with Crippen LogP contribution in [0.25, 0.3) is 11.0 Å². The van der Waals surface area contributed by atoms with Crippen molar-refractivity contribution in [3.63, 3.8) is 0 Å². The number of aromatic nitrogens is 3. The molecule has 3 rings (SSSR count). The lowest BCUT2D eigenvalue weighted by molar-refractivity contribution is 0.777. The molecule has 96 valence electrons. The molecule has 0 bridgehead atoms. The van der Waals surface area contributed by atoms with Gasteiger partial charge >= 0.3 is 0 Å². The number of nitrogens with zero attached hydrogens (tertiary/aromatic N) is 3. The van der Waals surface area contributed by atoms with Gasteiger partial charge in [-0.05, 0) is 36.9 Å². The van der Waals surface area contributed by atoms with E-state index in [0.717, 1.165) is 24.4 Å². The summed E-state index contributed by atoms with van der Waals surface area (Å²) in [5.41, 5.74) is 3.32. The van der Waals surface area contributed by atoms with Gasteiger partial charge in [0, 0.05) is 30.5 Å². The zero-order chi connectivity index (χ0) is 13.1. The van der Waals surface area contributed by atoms with Crippen LogP contribution in [0.1, 0.15) is 11.3 Å². The van der Waals surface area contributed by atoms with E-state index < -0.39 is 0 Å². The minimum absolute atomic E-state index is 0.748. The molecule has 4 heteroatoms. The Morgan fingerprint density at radius 1 is 1.11 bits per heavy atom. The van der Waals surface area contributed by atoms with Crippen molar-refractivity contribution in [2.24, 2.45) is 0 Å². The average Bonchev–Trinajstić information content (AvgIpc) is 2.79. The predicted octanol–water partition coefficient (Wildman–Crippen LogP) is 2.20. The second-order valence-electron chi connectivity index (χ2n) is 4.51. The second kappa shape index (κ2) is 5.20. The molecule has 0 aliphatic rings. The summed E-state index contributed by atoms with van der Waals surface area (Å²) in [5.74, 6) is 0. The summed E-state index contributed by atoms with van der Waals surface area (Å²) in [6.07, 6.45) is 5.81. The highest BCUT2D eigenvalue weighted by atomic mass is 15.0. The zero-order valence-corrected chi connectivity index (χ0v) is 10.9. The molecule has 0 amide bonds. The smallest absolute Gasteiger partial charge is 0.140 e. The Morgan fingerprint density at radius 2 is 2.00 bits per heavy atom. The molecule has 0 aliphatic carbocycles. The first-order valence-electron chi connectivity index (χ1n) is 6.35. The van der Waals surface area contributed by atoms with Crippen LogP contribution in [0.4, 0.5) is 0 Å². The molecule has 0 saturated carbocycles. The Balaban J connectivity index is 2.03. The van der Waals surface area contributed by atoms with Gasteiger partial charge in [0.25, 0.3) is 0 Å². The van der Waals surface area contributed by atoms with Crippen LogP contribution in [0.2, 0.25) is 0 Å². The Morgan fingerprint density at radius 3 is 2.79 bits per heavy atom. The number of pyridine rings is 2. The van der Waals surface area contributed by atoms with E-state index in [-0.39, 0.29) is 0 Å². The molecule has 1 N–H and O–H groups in total. The van der Waals surface area contributed by atoms with E-state index in [4.69, 9.17) is 0 Å². The molecule has 3 aromatic rings. The van der Waals surface area contributed by atoms with Gasteiger partial charge in [-0.15, -0.1) is 0 Å². The van der Waals surface area contributed by atoms with Crippen molar-refractivity contribution in [1.82, 2.24) is 19.9 Å². The summed E-state index contributed by atoms with van der Waals surface area (Å²) in [5, 5.41) is 4.40. The largest absolute Gasteiger partial charge is 0.326 e. The molecule has 0 saturated heterocycles. The van der Waals surface area contributed by atoms with Crippen LogP contribution < -0.4 is 5.32 Å². The van der Waals surface area contributed by atoms with Crippen molar-refractivity contribution >= 4 is 11.0 Å².